The molecular formula is C12H21NO2. The number of nitrogens with one attached hydrogen (secondary N) is 1. The SMILES string of the molecule is CCOC1C=CCCCCC1NC(C)=O. The summed E-state index contributed by atoms with van der Waals surface area (Å²) in [6, 6.07) is 0.138. The molecule has 3 heteroatoms. The Morgan fingerprint density at radius 1 is 1.53 bits per heavy atom. The molecule has 0 aliphatic heterocycles. The van der Waals surface area contributed by atoms with Crippen molar-refractivity contribution in [2.24, 2.45) is 0 Å². The second kappa shape index (κ2) is 6.62. The van der Waals surface area contributed by atoms with Gasteiger partial charge in [-0.25, -0.2) is 0 Å². The highest BCUT2D eigenvalue weighted by atomic mass is 16.5. The summed E-state index contributed by atoms with van der Waals surface area (Å²) in [5.74, 6) is 0.0266. The summed E-state index contributed by atoms with van der Waals surface area (Å²) in [6.45, 7) is 4.23. The van der Waals surface area contributed by atoms with Gasteiger partial charge in [0, 0.05) is 13.5 Å². The highest BCUT2D eigenvalue weighted by Gasteiger charge is 2.20. The summed E-state index contributed by atoms with van der Waals surface area (Å²) in [5, 5.41) is 2.97. The highest BCUT2D eigenvalue weighted by Crippen LogP contribution is 2.15. The van der Waals surface area contributed by atoms with E-state index in [1.54, 1.807) is 6.92 Å². The average molecular weight is 211 g/mol. The zero-order chi connectivity index (χ0) is 11.1. The minimum atomic E-state index is 0.0266. The van der Waals surface area contributed by atoms with Crippen LogP contribution in [0.5, 0.6) is 0 Å². The molecule has 3 nitrogen and oxygen atoms in total. The summed E-state index contributed by atoms with van der Waals surface area (Å²) < 4.78 is 5.63. The van der Waals surface area contributed by atoms with Gasteiger partial charge >= 0.3 is 0 Å². The van der Waals surface area contributed by atoms with E-state index in [9.17, 15) is 4.79 Å². The molecule has 1 aliphatic carbocycles. The van der Waals surface area contributed by atoms with Crippen molar-refractivity contribution in [3.63, 3.8) is 0 Å². The quantitative estimate of drug-likeness (QED) is 0.725. The van der Waals surface area contributed by atoms with Crippen LogP contribution in [-0.2, 0) is 9.53 Å². The molecule has 0 heterocycles. The zero-order valence-electron chi connectivity index (χ0n) is 9.66. The third-order valence-corrected chi connectivity index (χ3v) is 2.61. The van der Waals surface area contributed by atoms with Crippen LogP contribution in [0, 0.1) is 0 Å². The van der Waals surface area contributed by atoms with E-state index in [1.807, 2.05) is 6.92 Å². The first-order chi connectivity index (χ1) is 7.24. The zero-order valence-corrected chi connectivity index (χ0v) is 9.66. The Labute approximate surface area is 91.9 Å². The molecule has 2 atom stereocenters. The molecule has 0 saturated carbocycles. The number of rotatable bonds is 3. The second-order valence-electron chi connectivity index (χ2n) is 3.94. The molecular weight excluding hydrogens is 190 g/mol. The van der Waals surface area contributed by atoms with E-state index >= 15 is 0 Å². The van der Waals surface area contributed by atoms with E-state index in [1.165, 1.54) is 6.42 Å². The first-order valence-corrected chi connectivity index (χ1v) is 5.79. The predicted molar refractivity (Wildman–Crippen MR) is 60.6 cm³/mol. The van der Waals surface area contributed by atoms with Gasteiger partial charge in [-0.3, -0.25) is 4.79 Å². The Bertz CT molecular complexity index is 226. The van der Waals surface area contributed by atoms with Crippen LogP contribution >= 0.6 is 0 Å². The van der Waals surface area contributed by atoms with Gasteiger partial charge in [0.2, 0.25) is 5.91 Å². The third kappa shape index (κ3) is 4.47. The first kappa shape index (κ1) is 12.2. The topological polar surface area (TPSA) is 38.3 Å². The van der Waals surface area contributed by atoms with Crippen molar-refractivity contribution >= 4 is 5.91 Å². The molecule has 1 N–H and O–H groups in total. The summed E-state index contributed by atoms with van der Waals surface area (Å²) in [5.41, 5.74) is 0. The van der Waals surface area contributed by atoms with Gasteiger partial charge in [0.15, 0.2) is 0 Å². The van der Waals surface area contributed by atoms with E-state index in [2.05, 4.69) is 17.5 Å². The molecule has 0 aromatic carbocycles. The Hall–Kier alpha value is -0.830. The maximum absolute atomic E-state index is 11.1. The minimum absolute atomic E-state index is 0.0266. The van der Waals surface area contributed by atoms with Gasteiger partial charge in [-0.1, -0.05) is 18.6 Å². The smallest absolute Gasteiger partial charge is 0.217 e. The van der Waals surface area contributed by atoms with Gasteiger partial charge in [-0.15, -0.1) is 0 Å². The molecule has 0 bridgehead atoms. The van der Waals surface area contributed by atoms with Crippen molar-refractivity contribution < 1.29 is 9.53 Å². The molecule has 0 fully saturated rings. The van der Waals surface area contributed by atoms with Crippen molar-refractivity contribution in [3.8, 4) is 0 Å². The van der Waals surface area contributed by atoms with E-state index in [4.69, 9.17) is 4.74 Å². The molecule has 86 valence electrons. The van der Waals surface area contributed by atoms with Crippen molar-refractivity contribution in [2.45, 2.75) is 51.7 Å². The molecule has 0 radical (unpaired) electrons. The van der Waals surface area contributed by atoms with Crippen molar-refractivity contribution in [3.05, 3.63) is 12.2 Å². The number of ether oxygens (including phenoxy) is 1. The summed E-state index contributed by atoms with van der Waals surface area (Å²) >= 11 is 0. The largest absolute Gasteiger partial charge is 0.372 e. The van der Waals surface area contributed by atoms with Crippen LogP contribution in [0.15, 0.2) is 12.2 Å². The highest BCUT2D eigenvalue weighted by molar-refractivity contribution is 5.73. The van der Waals surface area contributed by atoms with E-state index in [-0.39, 0.29) is 18.1 Å². The number of hydrogen-bond acceptors (Lipinski definition) is 2. The van der Waals surface area contributed by atoms with Gasteiger partial charge < -0.3 is 10.1 Å². The molecule has 0 aromatic heterocycles. The van der Waals surface area contributed by atoms with E-state index in [0.717, 1.165) is 19.3 Å². The standard InChI is InChI=1S/C12H21NO2/c1-3-15-12-9-7-5-4-6-8-11(12)13-10(2)14/h7,9,11-12H,3-6,8H2,1-2H3,(H,13,14). The van der Waals surface area contributed by atoms with Gasteiger partial charge in [0.25, 0.3) is 0 Å². The van der Waals surface area contributed by atoms with Crippen molar-refractivity contribution in [1.82, 2.24) is 5.32 Å². The summed E-state index contributed by atoms with van der Waals surface area (Å²) in [6.07, 6.45) is 8.77. The van der Waals surface area contributed by atoms with Crippen LogP contribution in [0.1, 0.15) is 39.5 Å². The lowest BCUT2D eigenvalue weighted by Crippen LogP contribution is -2.43. The normalized spacial score (nSPS) is 26.8. The number of carbonyl (C=O) groups is 1. The number of carbonyl (C=O) groups excluding carboxylic acids is 1. The fourth-order valence-electron chi connectivity index (χ4n) is 1.93. The van der Waals surface area contributed by atoms with Crippen LogP contribution in [0.25, 0.3) is 0 Å². The molecule has 1 aliphatic rings. The lowest BCUT2D eigenvalue weighted by atomic mass is 9.99. The number of hydrogen-bond donors (Lipinski definition) is 1. The lowest BCUT2D eigenvalue weighted by Gasteiger charge is -2.26. The van der Waals surface area contributed by atoms with Crippen LogP contribution in [0.2, 0.25) is 0 Å². The molecule has 1 rings (SSSR count). The molecule has 0 aromatic rings. The van der Waals surface area contributed by atoms with Gasteiger partial charge in [-0.05, 0) is 26.2 Å². The number of allylic oxidation sites excluding steroid dienone is 1. The second-order valence-corrected chi connectivity index (χ2v) is 3.94. The maximum atomic E-state index is 11.1. The first-order valence-electron chi connectivity index (χ1n) is 5.79. The van der Waals surface area contributed by atoms with Gasteiger partial charge in [-0.2, -0.15) is 0 Å². The Kier molecular flexibility index (Phi) is 5.40. The Morgan fingerprint density at radius 2 is 2.33 bits per heavy atom. The van der Waals surface area contributed by atoms with Crippen molar-refractivity contribution in [1.29, 1.82) is 0 Å². The fraction of sp³-hybridized carbons (Fsp3) is 0.750. The fourth-order valence-corrected chi connectivity index (χ4v) is 1.93. The predicted octanol–water partition coefficient (Wildman–Crippen LogP) is 2.03. The summed E-state index contributed by atoms with van der Waals surface area (Å²) in [4.78, 5) is 11.1. The van der Waals surface area contributed by atoms with Crippen LogP contribution in [0.4, 0.5) is 0 Å². The van der Waals surface area contributed by atoms with E-state index < -0.39 is 0 Å². The molecule has 2 unspecified atom stereocenters. The monoisotopic (exact) mass is 211 g/mol. The molecule has 15 heavy (non-hydrogen) atoms. The number of amides is 1. The van der Waals surface area contributed by atoms with Crippen LogP contribution in [0.3, 0.4) is 0 Å². The Morgan fingerprint density at radius 3 is 3.00 bits per heavy atom. The Balaban J connectivity index is 2.61. The molecule has 0 saturated heterocycles. The molecule has 1 amide bonds. The van der Waals surface area contributed by atoms with Gasteiger partial charge in [0.05, 0.1) is 12.1 Å². The van der Waals surface area contributed by atoms with Crippen LogP contribution in [-0.4, -0.2) is 24.7 Å². The summed E-state index contributed by atoms with van der Waals surface area (Å²) in [7, 11) is 0. The lowest BCUT2D eigenvalue weighted by molar-refractivity contribution is -0.120. The average Bonchev–Trinajstić information content (AvgIpc) is 2.15. The third-order valence-electron chi connectivity index (χ3n) is 2.61. The van der Waals surface area contributed by atoms with Crippen LogP contribution < -0.4 is 5.32 Å². The minimum Gasteiger partial charge on any atom is -0.372 e. The maximum Gasteiger partial charge on any atom is 0.217 e. The van der Waals surface area contributed by atoms with Crippen molar-refractivity contribution in [2.75, 3.05) is 6.61 Å². The molecule has 0 spiro atoms. The van der Waals surface area contributed by atoms with E-state index in [0.29, 0.717) is 6.61 Å². The van der Waals surface area contributed by atoms with Gasteiger partial charge in [0.1, 0.15) is 0 Å².